The van der Waals surface area contributed by atoms with Crippen LogP contribution in [-0.2, 0) is 4.74 Å². The van der Waals surface area contributed by atoms with Crippen LogP contribution in [0.4, 0.5) is 4.39 Å². The number of halogens is 3. The van der Waals surface area contributed by atoms with Crippen molar-refractivity contribution in [2.75, 3.05) is 7.11 Å². The van der Waals surface area contributed by atoms with Crippen LogP contribution in [0.2, 0.25) is 5.02 Å². The zero-order chi connectivity index (χ0) is 13.4. The number of ether oxygens (including phenoxy) is 1. The summed E-state index contributed by atoms with van der Waals surface area (Å²) in [4.78, 5) is 15.6. The van der Waals surface area contributed by atoms with Crippen LogP contribution in [0.15, 0.2) is 16.6 Å². The number of carbonyl (C=O) groups excluding carboxylic acids is 1. The van der Waals surface area contributed by atoms with Crippen molar-refractivity contribution in [1.82, 2.24) is 4.98 Å². The summed E-state index contributed by atoms with van der Waals surface area (Å²) < 4.78 is 18.4. The van der Waals surface area contributed by atoms with Crippen LogP contribution < -0.4 is 0 Å². The summed E-state index contributed by atoms with van der Waals surface area (Å²) in [5.41, 5.74) is 1.16. The van der Waals surface area contributed by atoms with E-state index in [2.05, 4.69) is 25.7 Å². The van der Waals surface area contributed by atoms with Gasteiger partial charge in [-0.3, -0.25) is 0 Å². The van der Waals surface area contributed by atoms with Gasteiger partial charge in [-0.2, -0.15) is 0 Å². The van der Waals surface area contributed by atoms with E-state index in [1.807, 2.05) is 0 Å². The van der Waals surface area contributed by atoms with Gasteiger partial charge >= 0.3 is 5.97 Å². The van der Waals surface area contributed by atoms with E-state index >= 15 is 0 Å². The van der Waals surface area contributed by atoms with E-state index in [0.29, 0.717) is 16.5 Å². The van der Waals surface area contributed by atoms with Crippen LogP contribution in [0, 0.1) is 12.7 Å². The summed E-state index contributed by atoms with van der Waals surface area (Å²) in [5, 5.41) is 0.691. The Morgan fingerprint density at radius 3 is 2.78 bits per heavy atom. The Morgan fingerprint density at radius 1 is 1.50 bits per heavy atom. The van der Waals surface area contributed by atoms with E-state index in [4.69, 9.17) is 11.6 Å². The minimum absolute atomic E-state index is 0.0941. The average Bonchev–Trinajstić information content (AvgIpc) is 2.34. The van der Waals surface area contributed by atoms with E-state index in [1.165, 1.54) is 19.2 Å². The van der Waals surface area contributed by atoms with Crippen molar-refractivity contribution < 1.29 is 13.9 Å². The Hall–Kier alpha value is -1.20. The number of fused-ring (bicyclic) bond motifs is 1. The van der Waals surface area contributed by atoms with Crippen LogP contribution in [0.25, 0.3) is 10.9 Å². The minimum Gasteiger partial charge on any atom is -0.464 e. The number of hydrogen-bond acceptors (Lipinski definition) is 3. The highest BCUT2D eigenvalue weighted by Crippen LogP contribution is 2.34. The lowest BCUT2D eigenvalue weighted by molar-refractivity contribution is 0.0594. The molecule has 0 N–H and O–H groups in total. The molecule has 18 heavy (non-hydrogen) atoms. The molecule has 0 saturated heterocycles. The molecule has 0 aliphatic carbocycles. The summed E-state index contributed by atoms with van der Waals surface area (Å²) in [7, 11) is 1.26. The van der Waals surface area contributed by atoms with Crippen molar-refractivity contribution in [2.24, 2.45) is 0 Å². The number of nitrogens with zero attached hydrogens (tertiary/aromatic N) is 1. The monoisotopic (exact) mass is 331 g/mol. The predicted molar refractivity (Wildman–Crippen MR) is 70.5 cm³/mol. The Kier molecular flexibility index (Phi) is 3.54. The van der Waals surface area contributed by atoms with Gasteiger partial charge in [0, 0.05) is 5.39 Å². The molecule has 1 aromatic carbocycles. The van der Waals surface area contributed by atoms with Crippen molar-refractivity contribution in [3.8, 4) is 0 Å². The van der Waals surface area contributed by atoms with E-state index < -0.39 is 11.8 Å². The second-order valence-electron chi connectivity index (χ2n) is 3.69. The van der Waals surface area contributed by atoms with Crippen LogP contribution >= 0.6 is 27.5 Å². The molecule has 1 aromatic heterocycles. The van der Waals surface area contributed by atoms with E-state index in [-0.39, 0.29) is 15.2 Å². The van der Waals surface area contributed by atoms with Gasteiger partial charge in [-0.25, -0.2) is 14.2 Å². The molecule has 0 aliphatic rings. The average molecular weight is 333 g/mol. The van der Waals surface area contributed by atoms with Gasteiger partial charge in [0.15, 0.2) is 5.69 Å². The highest BCUT2D eigenvalue weighted by Gasteiger charge is 2.17. The molecule has 3 nitrogen and oxygen atoms in total. The zero-order valence-electron chi connectivity index (χ0n) is 9.55. The topological polar surface area (TPSA) is 39.2 Å². The maximum Gasteiger partial charge on any atom is 0.356 e. The third-order valence-corrected chi connectivity index (χ3v) is 3.59. The van der Waals surface area contributed by atoms with Crippen molar-refractivity contribution in [3.63, 3.8) is 0 Å². The first-order valence-corrected chi connectivity index (χ1v) is 6.16. The standard InChI is InChI=1S/C12H8BrClFNO2/c1-5-3-7(15)10(13)9-6(14)4-8(12(17)18-2)16-11(5)9/h3-4H,1-2H3. The number of pyridine rings is 1. The minimum atomic E-state index is -0.585. The number of methoxy groups -OCH3 is 1. The fraction of sp³-hybridized carbons (Fsp3) is 0.167. The lowest BCUT2D eigenvalue weighted by Crippen LogP contribution is -2.05. The highest BCUT2D eigenvalue weighted by atomic mass is 79.9. The first-order chi connectivity index (χ1) is 8.45. The van der Waals surface area contributed by atoms with Gasteiger partial charge in [0.1, 0.15) is 5.82 Å². The molecule has 1 heterocycles. The number of benzene rings is 1. The molecular formula is C12H8BrClFNO2. The summed E-state index contributed by atoms with van der Waals surface area (Å²) in [5.74, 6) is -1.01. The van der Waals surface area contributed by atoms with Crippen LogP contribution in [-0.4, -0.2) is 18.1 Å². The summed E-state index contributed by atoms with van der Waals surface area (Å²) >= 11 is 9.20. The van der Waals surface area contributed by atoms with Crippen molar-refractivity contribution in [2.45, 2.75) is 6.92 Å². The zero-order valence-corrected chi connectivity index (χ0v) is 11.9. The first-order valence-electron chi connectivity index (χ1n) is 4.99. The molecule has 0 atom stereocenters. The fourth-order valence-electron chi connectivity index (χ4n) is 1.66. The molecule has 94 valence electrons. The maximum absolute atomic E-state index is 13.6. The molecule has 0 radical (unpaired) electrons. The Morgan fingerprint density at radius 2 is 2.17 bits per heavy atom. The van der Waals surface area contributed by atoms with E-state index in [0.717, 1.165) is 0 Å². The second kappa shape index (κ2) is 4.82. The molecule has 6 heteroatoms. The molecule has 2 aromatic rings. The van der Waals surface area contributed by atoms with Gasteiger partial charge < -0.3 is 4.74 Å². The molecule has 2 rings (SSSR count). The largest absolute Gasteiger partial charge is 0.464 e. The molecule has 0 aliphatic heterocycles. The van der Waals surface area contributed by atoms with Gasteiger partial charge in [-0.1, -0.05) is 11.6 Å². The van der Waals surface area contributed by atoms with Gasteiger partial charge in [0.05, 0.1) is 22.1 Å². The fourth-order valence-corrected chi connectivity index (χ4v) is 2.58. The molecule has 0 spiro atoms. The number of carbonyl (C=O) groups is 1. The normalized spacial score (nSPS) is 10.7. The molecule has 0 saturated carbocycles. The van der Waals surface area contributed by atoms with E-state index in [9.17, 15) is 9.18 Å². The van der Waals surface area contributed by atoms with Crippen LogP contribution in [0.3, 0.4) is 0 Å². The lowest BCUT2D eigenvalue weighted by Gasteiger charge is -2.09. The highest BCUT2D eigenvalue weighted by molar-refractivity contribution is 9.10. The van der Waals surface area contributed by atoms with E-state index in [1.54, 1.807) is 6.92 Å². The van der Waals surface area contributed by atoms with Crippen LogP contribution in [0.1, 0.15) is 16.1 Å². The Balaban J connectivity index is 2.86. The number of hydrogen-bond donors (Lipinski definition) is 0. The third kappa shape index (κ3) is 2.08. The summed E-state index contributed by atoms with van der Waals surface area (Å²) in [6, 6.07) is 2.69. The maximum atomic E-state index is 13.6. The number of aryl methyl sites for hydroxylation is 1. The Labute approximate surface area is 116 Å². The molecule has 0 amide bonds. The lowest BCUT2D eigenvalue weighted by atomic mass is 10.1. The summed E-state index contributed by atoms with van der Waals surface area (Å²) in [6.07, 6.45) is 0. The smallest absolute Gasteiger partial charge is 0.356 e. The first kappa shape index (κ1) is 13.2. The number of esters is 1. The van der Waals surface area contributed by atoms with Crippen molar-refractivity contribution in [3.05, 3.63) is 38.7 Å². The quantitative estimate of drug-likeness (QED) is 0.744. The Bertz CT molecular complexity index is 660. The van der Waals surface area contributed by atoms with Crippen molar-refractivity contribution in [1.29, 1.82) is 0 Å². The van der Waals surface area contributed by atoms with Gasteiger partial charge in [-0.15, -0.1) is 0 Å². The SMILES string of the molecule is COC(=O)c1cc(Cl)c2c(Br)c(F)cc(C)c2n1. The number of aromatic nitrogens is 1. The van der Waals surface area contributed by atoms with Crippen LogP contribution in [0.5, 0.6) is 0 Å². The molecule has 0 unspecified atom stereocenters. The molecule has 0 fully saturated rings. The predicted octanol–water partition coefficient (Wildman–Crippen LogP) is 3.88. The number of rotatable bonds is 1. The second-order valence-corrected chi connectivity index (χ2v) is 4.89. The van der Waals surface area contributed by atoms with Gasteiger partial charge in [0.2, 0.25) is 0 Å². The van der Waals surface area contributed by atoms with Gasteiger partial charge in [-0.05, 0) is 40.5 Å². The molecule has 0 bridgehead atoms. The summed E-state index contributed by atoms with van der Waals surface area (Å²) in [6.45, 7) is 1.70. The third-order valence-electron chi connectivity index (χ3n) is 2.51. The van der Waals surface area contributed by atoms with Crippen molar-refractivity contribution >= 4 is 44.4 Å². The molecular weight excluding hydrogens is 324 g/mol. The van der Waals surface area contributed by atoms with Gasteiger partial charge in [0.25, 0.3) is 0 Å².